The summed E-state index contributed by atoms with van der Waals surface area (Å²) in [4.78, 5) is 30.4. The van der Waals surface area contributed by atoms with Gasteiger partial charge in [-0.05, 0) is 34.7 Å². The van der Waals surface area contributed by atoms with E-state index in [-0.39, 0.29) is 17.7 Å². The van der Waals surface area contributed by atoms with Crippen LogP contribution >= 0.6 is 0 Å². The number of carbonyl (C=O) groups is 2. The van der Waals surface area contributed by atoms with Gasteiger partial charge in [0.15, 0.2) is 0 Å². The van der Waals surface area contributed by atoms with Gasteiger partial charge in [0.25, 0.3) is 0 Å². The average molecular weight is 373 g/mol. The van der Waals surface area contributed by atoms with Crippen LogP contribution in [-0.2, 0) is 10.2 Å². The van der Waals surface area contributed by atoms with Gasteiger partial charge in [0.2, 0.25) is 5.91 Å². The molecule has 0 bridgehead atoms. The van der Waals surface area contributed by atoms with Crippen LogP contribution in [0.4, 0.5) is 10.5 Å². The van der Waals surface area contributed by atoms with E-state index in [1.54, 1.807) is 4.90 Å². The molecule has 3 aromatic rings. The van der Waals surface area contributed by atoms with Gasteiger partial charge in [-0.3, -0.25) is 20.0 Å². The molecule has 0 saturated carbocycles. The summed E-state index contributed by atoms with van der Waals surface area (Å²) in [5.41, 5.74) is 4.66. The molecule has 1 aliphatic rings. The smallest absolute Gasteiger partial charge is 0.291 e. The van der Waals surface area contributed by atoms with Crippen molar-refractivity contribution in [2.45, 2.75) is 32.6 Å². The highest BCUT2D eigenvalue weighted by Crippen LogP contribution is 2.35. The van der Waals surface area contributed by atoms with Gasteiger partial charge >= 0.3 is 6.03 Å². The third-order valence-electron chi connectivity index (χ3n) is 5.08. The Morgan fingerprint density at radius 1 is 1.00 bits per heavy atom. The summed E-state index contributed by atoms with van der Waals surface area (Å²) in [7, 11) is 0. The van der Waals surface area contributed by atoms with Crippen molar-refractivity contribution in [2.75, 3.05) is 11.4 Å². The third kappa shape index (κ3) is 3.36. The van der Waals surface area contributed by atoms with Crippen molar-refractivity contribution < 1.29 is 9.59 Å². The summed E-state index contributed by atoms with van der Waals surface area (Å²) in [6.45, 7) is 6.79. The molecule has 0 radical (unpaired) electrons. The van der Waals surface area contributed by atoms with E-state index in [1.807, 2.05) is 30.5 Å². The first-order valence-corrected chi connectivity index (χ1v) is 9.44. The van der Waals surface area contributed by atoms with Gasteiger partial charge in [0.1, 0.15) is 0 Å². The van der Waals surface area contributed by atoms with Crippen molar-refractivity contribution in [2.24, 2.45) is 0 Å². The maximum absolute atomic E-state index is 12.5. The highest BCUT2D eigenvalue weighted by molar-refractivity contribution is 6.09. The second-order valence-electron chi connectivity index (χ2n) is 8.16. The largest absolute Gasteiger partial charge is 0.328 e. The first-order chi connectivity index (χ1) is 13.3. The second kappa shape index (κ2) is 6.75. The van der Waals surface area contributed by atoms with Crippen molar-refractivity contribution >= 4 is 28.5 Å². The van der Waals surface area contributed by atoms with Gasteiger partial charge < -0.3 is 0 Å². The Morgan fingerprint density at radius 2 is 1.75 bits per heavy atom. The summed E-state index contributed by atoms with van der Waals surface area (Å²) < 4.78 is 0. The van der Waals surface area contributed by atoms with Crippen molar-refractivity contribution in [3.8, 4) is 11.1 Å². The number of nitrogens with one attached hydrogen (secondary N) is 1. The summed E-state index contributed by atoms with van der Waals surface area (Å²) >= 11 is 0. The van der Waals surface area contributed by atoms with Gasteiger partial charge in [-0.15, -0.1) is 0 Å². The molecule has 0 aliphatic carbocycles. The molecule has 0 spiro atoms. The predicted octanol–water partition coefficient (Wildman–Crippen LogP) is 4.65. The second-order valence-corrected chi connectivity index (χ2v) is 8.16. The molecule has 2 heterocycles. The Bertz CT molecular complexity index is 1070. The molecule has 1 fully saturated rings. The molecule has 0 atom stereocenters. The van der Waals surface area contributed by atoms with Crippen LogP contribution in [0.15, 0.2) is 54.7 Å². The number of benzene rings is 2. The van der Waals surface area contributed by atoms with Crippen LogP contribution in [0.5, 0.6) is 0 Å². The van der Waals surface area contributed by atoms with E-state index >= 15 is 0 Å². The Labute approximate surface area is 164 Å². The van der Waals surface area contributed by atoms with Crippen molar-refractivity contribution in [1.29, 1.82) is 0 Å². The zero-order chi connectivity index (χ0) is 19.9. The minimum atomic E-state index is -0.391. The number of anilines is 1. The van der Waals surface area contributed by atoms with E-state index in [1.165, 1.54) is 0 Å². The van der Waals surface area contributed by atoms with Crippen molar-refractivity contribution in [3.05, 3.63) is 60.3 Å². The Balaban J connectivity index is 1.91. The fourth-order valence-electron chi connectivity index (χ4n) is 3.45. The van der Waals surface area contributed by atoms with Crippen LogP contribution in [0.3, 0.4) is 0 Å². The van der Waals surface area contributed by atoms with Gasteiger partial charge in [0, 0.05) is 30.1 Å². The molecule has 4 rings (SSSR count). The highest BCUT2D eigenvalue weighted by Gasteiger charge is 2.27. The quantitative estimate of drug-likeness (QED) is 0.711. The van der Waals surface area contributed by atoms with Crippen molar-refractivity contribution in [3.63, 3.8) is 0 Å². The van der Waals surface area contributed by atoms with E-state index in [0.717, 1.165) is 33.3 Å². The maximum Gasteiger partial charge on any atom is 0.328 e. The minimum Gasteiger partial charge on any atom is -0.291 e. The van der Waals surface area contributed by atoms with E-state index in [2.05, 4.69) is 50.4 Å². The molecule has 28 heavy (non-hydrogen) atoms. The lowest BCUT2D eigenvalue weighted by Gasteiger charge is -2.29. The number of rotatable bonds is 2. The Morgan fingerprint density at radius 3 is 2.43 bits per heavy atom. The molecule has 0 unspecified atom stereocenters. The van der Waals surface area contributed by atoms with Gasteiger partial charge in [-0.1, -0.05) is 51.1 Å². The van der Waals surface area contributed by atoms with Gasteiger partial charge in [-0.25, -0.2) is 4.79 Å². The number of nitrogens with zero attached hydrogens (tertiary/aromatic N) is 2. The topological polar surface area (TPSA) is 62.3 Å². The molecular weight excluding hydrogens is 350 g/mol. The Kier molecular flexibility index (Phi) is 4.38. The molecule has 142 valence electrons. The van der Waals surface area contributed by atoms with Crippen LogP contribution in [0.2, 0.25) is 0 Å². The van der Waals surface area contributed by atoms with Gasteiger partial charge in [0.05, 0.1) is 11.2 Å². The molecule has 1 N–H and O–H groups in total. The van der Waals surface area contributed by atoms with Crippen LogP contribution in [0, 0.1) is 0 Å². The number of hydrogen-bond donors (Lipinski definition) is 1. The molecule has 1 aliphatic heterocycles. The number of hydrogen-bond acceptors (Lipinski definition) is 3. The van der Waals surface area contributed by atoms with E-state index < -0.39 is 6.03 Å². The Hall–Kier alpha value is -3.21. The first kappa shape index (κ1) is 18.2. The van der Waals surface area contributed by atoms with Crippen LogP contribution in [0.1, 0.15) is 32.8 Å². The molecule has 5 nitrogen and oxygen atoms in total. The molecule has 1 aromatic heterocycles. The highest BCUT2D eigenvalue weighted by atomic mass is 16.2. The maximum atomic E-state index is 12.5. The van der Waals surface area contributed by atoms with Crippen LogP contribution in [0.25, 0.3) is 22.0 Å². The summed E-state index contributed by atoms with van der Waals surface area (Å²) in [6, 6.07) is 16.0. The number of fused-ring (bicyclic) bond motifs is 1. The fourth-order valence-corrected chi connectivity index (χ4v) is 3.45. The average Bonchev–Trinajstić information content (AvgIpc) is 2.67. The summed E-state index contributed by atoms with van der Waals surface area (Å²) in [5, 5.41) is 3.39. The van der Waals surface area contributed by atoms with Crippen LogP contribution < -0.4 is 10.2 Å². The third-order valence-corrected chi connectivity index (χ3v) is 5.08. The lowest BCUT2D eigenvalue weighted by Crippen LogP contribution is -2.49. The SMILES string of the molecule is CC(C)(C)c1cc(N2CCC(=O)NC2=O)c2ncc(-c3ccccc3)cc2c1. The predicted molar refractivity (Wildman–Crippen MR) is 111 cm³/mol. The molecule has 2 aromatic carbocycles. The number of amides is 3. The van der Waals surface area contributed by atoms with Crippen LogP contribution in [-0.4, -0.2) is 23.5 Å². The molecule has 5 heteroatoms. The normalized spacial score (nSPS) is 15.0. The van der Waals surface area contributed by atoms with Crippen molar-refractivity contribution in [1.82, 2.24) is 10.3 Å². The van der Waals surface area contributed by atoms with E-state index in [0.29, 0.717) is 6.54 Å². The number of imide groups is 1. The standard InChI is InChI=1S/C23H23N3O2/c1-23(2,3)18-12-16-11-17(15-7-5-4-6-8-15)14-24-21(16)19(13-18)26-10-9-20(27)25-22(26)28/h4-8,11-14H,9-10H2,1-3H3,(H,25,27,28). The first-order valence-electron chi connectivity index (χ1n) is 9.44. The lowest BCUT2D eigenvalue weighted by molar-refractivity contribution is -0.120. The minimum absolute atomic E-state index is 0.0895. The molecule has 1 saturated heterocycles. The number of pyridine rings is 1. The fraction of sp³-hybridized carbons (Fsp3) is 0.261. The zero-order valence-electron chi connectivity index (χ0n) is 16.3. The van der Waals surface area contributed by atoms with E-state index in [4.69, 9.17) is 4.98 Å². The molecule has 3 amide bonds. The number of aromatic nitrogens is 1. The zero-order valence-corrected chi connectivity index (χ0v) is 16.3. The summed E-state index contributed by atoms with van der Waals surface area (Å²) in [6.07, 6.45) is 2.13. The summed E-state index contributed by atoms with van der Waals surface area (Å²) in [5.74, 6) is -0.239. The number of carbonyl (C=O) groups excluding carboxylic acids is 2. The molecular formula is C23H23N3O2. The van der Waals surface area contributed by atoms with Gasteiger partial charge in [-0.2, -0.15) is 0 Å². The monoisotopic (exact) mass is 373 g/mol. The van der Waals surface area contributed by atoms with E-state index in [9.17, 15) is 9.59 Å². The number of urea groups is 1. The lowest BCUT2D eigenvalue weighted by atomic mass is 9.85.